The zero-order chi connectivity index (χ0) is 14.3. The van der Waals surface area contributed by atoms with Crippen molar-refractivity contribution in [2.24, 2.45) is 0 Å². The lowest BCUT2D eigenvalue weighted by Crippen LogP contribution is -2.35. The van der Waals surface area contributed by atoms with Crippen LogP contribution >= 0.6 is 0 Å². The summed E-state index contributed by atoms with van der Waals surface area (Å²) in [6, 6.07) is 9.19. The molecule has 0 bridgehead atoms. The van der Waals surface area contributed by atoms with Crippen LogP contribution in [0.15, 0.2) is 43.0 Å². The monoisotopic (exact) mass is 261 g/mol. The minimum absolute atomic E-state index is 0.247. The molecule has 0 aliphatic rings. The van der Waals surface area contributed by atoms with Crippen LogP contribution in [0.4, 0.5) is 0 Å². The van der Waals surface area contributed by atoms with E-state index in [0.29, 0.717) is 6.54 Å². The number of hydrogen-bond acceptors (Lipinski definition) is 3. The average Bonchev–Trinajstić information content (AvgIpc) is 2.33. The molecule has 0 aliphatic carbocycles. The molecule has 0 aliphatic heterocycles. The van der Waals surface area contributed by atoms with Crippen LogP contribution in [-0.4, -0.2) is 18.1 Å². The number of hydrogen-bond donors (Lipinski definition) is 1. The Balaban J connectivity index is 2.80. The van der Waals surface area contributed by atoms with Crippen LogP contribution in [0.1, 0.15) is 38.8 Å². The molecular formula is C16H23NO2. The van der Waals surface area contributed by atoms with E-state index in [-0.39, 0.29) is 5.97 Å². The first-order valence-electron chi connectivity index (χ1n) is 6.56. The van der Waals surface area contributed by atoms with Gasteiger partial charge in [0, 0.05) is 0 Å². The molecule has 1 aromatic carbocycles. The molecule has 0 saturated carbocycles. The van der Waals surface area contributed by atoms with E-state index in [2.05, 4.69) is 11.9 Å². The van der Waals surface area contributed by atoms with E-state index >= 15 is 0 Å². The van der Waals surface area contributed by atoms with Crippen molar-refractivity contribution in [2.45, 2.75) is 38.8 Å². The average molecular weight is 261 g/mol. The molecule has 0 fully saturated rings. The maximum atomic E-state index is 12.2. The first-order valence-corrected chi connectivity index (χ1v) is 6.56. The fourth-order valence-corrected chi connectivity index (χ4v) is 1.67. The van der Waals surface area contributed by atoms with Gasteiger partial charge in [-0.2, -0.15) is 0 Å². The Bertz CT molecular complexity index is 407. The van der Waals surface area contributed by atoms with Crippen LogP contribution in [0.5, 0.6) is 0 Å². The molecule has 19 heavy (non-hydrogen) atoms. The SMILES string of the molecule is C=CCCNC(C(=O)OC(C)(C)C)c1ccccc1. The van der Waals surface area contributed by atoms with Crippen molar-refractivity contribution in [3.63, 3.8) is 0 Å². The molecule has 0 radical (unpaired) electrons. The summed E-state index contributed by atoms with van der Waals surface area (Å²) in [6.45, 7) is 9.99. The Kier molecular flexibility index (Phi) is 5.77. The molecule has 0 heterocycles. The summed E-state index contributed by atoms with van der Waals surface area (Å²) in [7, 11) is 0. The van der Waals surface area contributed by atoms with Crippen molar-refractivity contribution >= 4 is 5.97 Å². The van der Waals surface area contributed by atoms with Crippen LogP contribution < -0.4 is 5.32 Å². The van der Waals surface area contributed by atoms with E-state index < -0.39 is 11.6 Å². The molecule has 1 rings (SSSR count). The quantitative estimate of drug-likeness (QED) is 0.485. The number of carbonyl (C=O) groups is 1. The molecular weight excluding hydrogens is 238 g/mol. The first kappa shape index (κ1) is 15.4. The number of rotatable bonds is 6. The topological polar surface area (TPSA) is 38.3 Å². The van der Waals surface area contributed by atoms with Gasteiger partial charge in [-0.1, -0.05) is 36.4 Å². The molecule has 0 amide bonds. The van der Waals surface area contributed by atoms with Crippen LogP contribution in [0.2, 0.25) is 0 Å². The summed E-state index contributed by atoms with van der Waals surface area (Å²) in [5.74, 6) is -0.247. The third-order valence-corrected chi connectivity index (χ3v) is 2.47. The number of esters is 1. The number of carbonyl (C=O) groups excluding carboxylic acids is 1. The molecule has 1 N–H and O–H groups in total. The summed E-state index contributed by atoms with van der Waals surface area (Å²) >= 11 is 0. The highest BCUT2D eigenvalue weighted by Crippen LogP contribution is 2.18. The Hall–Kier alpha value is -1.61. The van der Waals surface area contributed by atoms with Gasteiger partial charge in [-0.25, -0.2) is 4.79 Å². The molecule has 1 aromatic rings. The summed E-state index contributed by atoms with van der Waals surface area (Å²) in [5, 5.41) is 3.21. The smallest absolute Gasteiger partial charge is 0.328 e. The zero-order valence-electron chi connectivity index (χ0n) is 12.0. The van der Waals surface area contributed by atoms with Crippen LogP contribution in [-0.2, 0) is 9.53 Å². The van der Waals surface area contributed by atoms with Crippen molar-refractivity contribution in [1.82, 2.24) is 5.32 Å². The maximum absolute atomic E-state index is 12.2. The van der Waals surface area contributed by atoms with Crippen LogP contribution in [0.25, 0.3) is 0 Å². The van der Waals surface area contributed by atoms with Crippen molar-refractivity contribution in [3.8, 4) is 0 Å². The van der Waals surface area contributed by atoms with Crippen LogP contribution in [0, 0.1) is 0 Å². The van der Waals surface area contributed by atoms with Crippen molar-refractivity contribution in [2.75, 3.05) is 6.54 Å². The van der Waals surface area contributed by atoms with Gasteiger partial charge in [-0.3, -0.25) is 0 Å². The molecule has 0 spiro atoms. The second kappa shape index (κ2) is 7.10. The second-order valence-corrected chi connectivity index (χ2v) is 5.41. The Morgan fingerprint density at radius 1 is 1.37 bits per heavy atom. The van der Waals surface area contributed by atoms with Crippen molar-refractivity contribution in [3.05, 3.63) is 48.6 Å². The Morgan fingerprint density at radius 2 is 2.00 bits per heavy atom. The molecule has 104 valence electrons. The highest BCUT2D eigenvalue weighted by atomic mass is 16.6. The standard InChI is InChI=1S/C16H23NO2/c1-5-6-12-17-14(13-10-8-7-9-11-13)15(18)19-16(2,3)4/h5,7-11,14,17H,1,6,12H2,2-4H3. The normalized spacial score (nSPS) is 12.8. The second-order valence-electron chi connectivity index (χ2n) is 5.41. The van der Waals surface area contributed by atoms with Crippen molar-refractivity contribution < 1.29 is 9.53 Å². The van der Waals surface area contributed by atoms with Gasteiger partial charge in [0.05, 0.1) is 0 Å². The molecule has 0 saturated heterocycles. The van der Waals surface area contributed by atoms with Crippen molar-refractivity contribution in [1.29, 1.82) is 0 Å². The van der Waals surface area contributed by atoms with Crippen LogP contribution in [0.3, 0.4) is 0 Å². The van der Waals surface area contributed by atoms with E-state index in [9.17, 15) is 4.79 Å². The maximum Gasteiger partial charge on any atom is 0.328 e. The van der Waals surface area contributed by atoms with Gasteiger partial charge < -0.3 is 10.1 Å². The lowest BCUT2D eigenvalue weighted by Gasteiger charge is -2.24. The fourth-order valence-electron chi connectivity index (χ4n) is 1.67. The van der Waals surface area contributed by atoms with E-state index in [1.165, 1.54) is 0 Å². The summed E-state index contributed by atoms with van der Waals surface area (Å²) in [5.41, 5.74) is 0.436. The van der Waals surface area contributed by atoms with E-state index in [1.807, 2.05) is 57.2 Å². The first-order chi connectivity index (χ1) is 8.94. The predicted molar refractivity (Wildman–Crippen MR) is 77.8 cm³/mol. The third-order valence-electron chi connectivity index (χ3n) is 2.47. The number of ether oxygens (including phenoxy) is 1. The van der Waals surface area contributed by atoms with Gasteiger partial charge in [0.25, 0.3) is 0 Å². The third kappa shape index (κ3) is 5.71. The summed E-state index contributed by atoms with van der Waals surface area (Å²) in [6.07, 6.45) is 2.64. The summed E-state index contributed by atoms with van der Waals surface area (Å²) in [4.78, 5) is 12.2. The number of nitrogens with one attached hydrogen (secondary N) is 1. The van der Waals surface area contributed by atoms with Gasteiger partial charge in [0.15, 0.2) is 0 Å². The highest BCUT2D eigenvalue weighted by molar-refractivity contribution is 5.78. The molecule has 0 aromatic heterocycles. The van der Waals surface area contributed by atoms with E-state index in [4.69, 9.17) is 4.74 Å². The molecule has 1 unspecified atom stereocenters. The van der Waals surface area contributed by atoms with Gasteiger partial charge in [0.2, 0.25) is 0 Å². The molecule has 3 heteroatoms. The largest absolute Gasteiger partial charge is 0.459 e. The zero-order valence-corrected chi connectivity index (χ0v) is 12.0. The Morgan fingerprint density at radius 3 is 2.53 bits per heavy atom. The van der Waals surface area contributed by atoms with Gasteiger partial charge in [-0.05, 0) is 39.3 Å². The Labute approximate surface area is 115 Å². The van der Waals surface area contributed by atoms with E-state index in [1.54, 1.807) is 0 Å². The highest BCUT2D eigenvalue weighted by Gasteiger charge is 2.25. The lowest BCUT2D eigenvalue weighted by molar-refractivity contribution is -0.157. The number of benzene rings is 1. The van der Waals surface area contributed by atoms with Gasteiger partial charge >= 0.3 is 5.97 Å². The minimum atomic E-state index is -0.482. The predicted octanol–water partition coefficient (Wildman–Crippen LogP) is 3.24. The van der Waals surface area contributed by atoms with Gasteiger partial charge in [-0.15, -0.1) is 6.58 Å². The molecule has 3 nitrogen and oxygen atoms in total. The minimum Gasteiger partial charge on any atom is -0.459 e. The molecule has 1 atom stereocenters. The fraction of sp³-hybridized carbons (Fsp3) is 0.438. The van der Waals surface area contributed by atoms with E-state index in [0.717, 1.165) is 12.0 Å². The summed E-state index contributed by atoms with van der Waals surface area (Å²) < 4.78 is 5.46. The lowest BCUT2D eigenvalue weighted by atomic mass is 10.1. The van der Waals surface area contributed by atoms with Gasteiger partial charge in [0.1, 0.15) is 11.6 Å².